The zero-order valence-corrected chi connectivity index (χ0v) is 17.9. The highest BCUT2D eigenvalue weighted by Crippen LogP contribution is 2.31. The van der Waals surface area contributed by atoms with Crippen LogP contribution in [0.1, 0.15) is 28.6 Å². The lowest BCUT2D eigenvalue weighted by atomic mass is 10.1. The average molecular weight is 482 g/mol. The molecule has 4 rings (SSSR count). The Labute approximate surface area is 186 Å². The van der Waals surface area contributed by atoms with E-state index in [-0.39, 0.29) is 17.3 Å². The molecule has 0 saturated carbocycles. The molecule has 1 aliphatic rings. The van der Waals surface area contributed by atoms with Gasteiger partial charge in [0.25, 0.3) is 5.90 Å². The van der Waals surface area contributed by atoms with Crippen molar-refractivity contribution < 1.29 is 28.2 Å². The quantitative estimate of drug-likeness (QED) is 0.279. The summed E-state index contributed by atoms with van der Waals surface area (Å²) in [7, 11) is 0. The number of furan rings is 1. The molecule has 0 bridgehead atoms. The summed E-state index contributed by atoms with van der Waals surface area (Å²) >= 11 is 3.33. The molecule has 156 valence electrons. The van der Waals surface area contributed by atoms with Crippen LogP contribution in [0.2, 0.25) is 0 Å². The van der Waals surface area contributed by atoms with Gasteiger partial charge in [-0.25, -0.2) is 14.6 Å². The zero-order valence-electron chi connectivity index (χ0n) is 16.3. The number of rotatable bonds is 6. The summed E-state index contributed by atoms with van der Waals surface area (Å²) < 4.78 is 22.3. The number of hydrogen-bond donors (Lipinski definition) is 0. The SMILES string of the molecule is CCOc1cc(/C=C2/N=C(c3ccco3)OC2=O)ccc1OC(=O)c1ccc(Br)cc1. The molecule has 0 saturated heterocycles. The van der Waals surface area contributed by atoms with Gasteiger partial charge in [-0.05, 0) is 67.1 Å². The number of ether oxygens (including phenoxy) is 3. The highest BCUT2D eigenvalue weighted by Gasteiger charge is 2.26. The maximum Gasteiger partial charge on any atom is 0.363 e. The Kier molecular flexibility index (Phi) is 5.99. The maximum absolute atomic E-state index is 12.4. The van der Waals surface area contributed by atoms with E-state index in [2.05, 4.69) is 20.9 Å². The van der Waals surface area contributed by atoms with Gasteiger partial charge < -0.3 is 18.6 Å². The van der Waals surface area contributed by atoms with Crippen LogP contribution in [0.3, 0.4) is 0 Å². The Morgan fingerprint density at radius 1 is 1.13 bits per heavy atom. The number of benzene rings is 2. The van der Waals surface area contributed by atoms with Gasteiger partial charge in [-0.1, -0.05) is 22.0 Å². The van der Waals surface area contributed by atoms with Gasteiger partial charge in [0.15, 0.2) is 23.0 Å². The second kappa shape index (κ2) is 9.01. The van der Waals surface area contributed by atoms with Crippen molar-refractivity contribution in [3.8, 4) is 11.5 Å². The Balaban J connectivity index is 1.58. The minimum atomic E-state index is -0.588. The number of carbonyl (C=O) groups is 2. The monoisotopic (exact) mass is 481 g/mol. The summed E-state index contributed by atoms with van der Waals surface area (Å²) in [5, 5.41) is 0. The van der Waals surface area contributed by atoms with Crippen LogP contribution in [0.15, 0.2) is 80.4 Å². The predicted molar refractivity (Wildman–Crippen MR) is 116 cm³/mol. The summed E-state index contributed by atoms with van der Waals surface area (Å²) in [6.07, 6.45) is 3.02. The Morgan fingerprint density at radius 3 is 2.65 bits per heavy atom. The minimum Gasteiger partial charge on any atom is -0.490 e. The lowest BCUT2D eigenvalue weighted by molar-refractivity contribution is -0.130. The molecule has 0 amide bonds. The molecule has 0 atom stereocenters. The summed E-state index contributed by atoms with van der Waals surface area (Å²) in [5.74, 6) is 0.00427. The topological polar surface area (TPSA) is 87.3 Å². The second-order valence-electron chi connectivity index (χ2n) is 6.35. The van der Waals surface area contributed by atoms with Gasteiger partial charge in [-0.2, -0.15) is 0 Å². The summed E-state index contributed by atoms with van der Waals surface area (Å²) in [5.41, 5.74) is 1.15. The standard InChI is InChI=1S/C23H16BrNO6/c1-2-28-20-13-14(12-17-23(27)31-21(25-17)19-4-3-11-29-19)5-10-18(20)30-22(26)15-6-8-16(24)9-7-15/h3-13H,2H2,1H3/b17-12+. The number of hydrogen-bond acceptors (Lipinski definition) is 7. The molecule has 1 aliphatic heterocycles. The number of cyclic esters (lactones) is 1. The average Bonchev–Trinajstić information content (AvgIpc) is 3.41. The maximum atomic E-state index is 12.4. The van der Waals surface area contributed by atoms with Gasteiger partial charge in [0.05, 0.1) is 18.4 Å². The lowest BCUT2D eigenvalue weighted by Gasteiger charge is -2.11. The molecule has 2 aromatic carbocycles. The first kappa shape index (κ1) is 20.6. The van der Waals surface area contributed by atoms with Crippen molar-refractivity contribution in [2.24, 2.45) is 4.99 Å². The number of esters is 2. The van der Waals surface area contributed by atoms with Crippen molar-refractivity contribution in [2.75, 3.05) is 6.61 Å². The van der Waals surface area contributed by atoms with Crippen molar-refractivity contribution in [1.29, 1.82) is 0 Å². The van der Waals surface area contributed by atoms with Crippen molar-refractivity contribution in [2.45, 2.75) is 6.92 Å². The Morgan fingerprint density at radius 2 is 1.94 bits per heavy atom. The molecule has 0 N–H and O–H groups in total. The van der Waals surface area contributed by atoms with Crippen LogP contribution in [0, 0.1) is 0 Å². The largest absolute Gasteiger partial charge is 0.490 e. The number of carbonyl (C=O) groups excluding carboxylic acids is 2. The van der Waals surface area contributed by atoms with Gasteiger partial charge in [0.1, 0.15) is 0 Å². The number of nitrogens with zero attached hydrogens (tertiary/aromatic N) is 1. The van der Waals surface area contributed by atoms with Crippen molar-refractivity contribution in [1.82, 2.24) is 0 Å². The third-order valence-electron chi connectivity index (χ3n) is 4.21. The lowest BCUT2D eigenvalue weighted by Crippen LogP contribution is -2.09. The van der Waals surface area contributed by atoms with Crippen molar-refractivity contribution in [3.05, 3.63) is 87.9 Å². The van der Waals surface area contributed by atoms with E-state index in [9.17, 15) is 9.59 Å². The molecule has 31 heavy (non-hydrogen) atoms. The zero-order chi connectivity index (χ0) is 21.8. The third kappa shape index (κ3) is 4.75. The van der Waals surface area contributed by atoms with Gasteiger partial charge in [0, 0.05) is 4.47 Å². The summed E-state index contributed by atoms with van der Waals surface area (Å²) in [6.45, 7) is 2.19. The third-order valence-corrected chi connectivity index (χ3v) is 4.73. The highest BCUT2D eigenvalue weighted by atomic mass is 79.9. The van der Waals surface area contributed by atoms with Crippen LogP contribution in [0.5, 0.6) is 11.5 Å². The molecular weight excluding hydrogens is 466 g/mol. The molecule has 1 aromatic heterocycles. The first-order valence-electron chi connectivity index (χ1n) is 9.34. The fourth-order valence-corrected chi connectivity index (χ4v) is 3.05. The van der Waals surface area contributed by atoms with Crippen LogP contribution >= 0.6 is 15.9 Å². The molecule has 3 aromatic rings. The van der Waals surface area contributed by atoms with E-state index in [4.69, 9.17) is 18.6 Å². The van der Waals surface area contributed by atoms with E-state index in [1.807, 2.05) is 6.92 Å². The highest BCUT2D eigenvalue weighted by molar-refractivity contribution is 9.10. The Hall–Kier alpha value is -3.65. The minimum absolute atomic E-state index is 0.103. The molecule has 0 spiro atoms. The van der Waals surface area contributed by atoms with E-state index in [1.54, 1.807) is 60.7 Å². The van der Waals surface area contributed by atoms with E-state index in [0.717, 1.165) is 4.47 Å². The van der Waals surface area contributed by atoms with Gasteiger partial charge in [-0.15, -0.1) is 0 Å². The molecule has 0 unspecified atom stereocenters. The molecular formula is C23H16BrNO6. The van der Waals surface area contributed by atoms with Crippen molar-refractivity contribution >= 4 is 39.8 Å². The van der Waals surface area contributed by atoms with Crippen LogP contribution in [0.4, 0.5) is 0 Å². The second-order valence-corrected chi connectivity index (χ2v) is 7.26. The van der Waals surface area contributed by atoms with Crippen molar-refractivity contribution in [3.63, 3.8) is 0 Å². The molecule has 0 radical (unpaired) electrons. The van der Waals surface area contributed by atoms with E-state index in [0.29, 0.717) is 29.2 Å². The molecule has 0 fully saturated rings. The fourth-order valence-electron chi connectivity index (χ4n) is 2.78. The first-order chi connectivity index (χ1) is 15.0. The van der Waals surface area contributed by atoms with Crippen LogP contribution < -0.4 is 9.47 Å². The van der Waals surface area contributed by atoms with Gasteiger partial charge in [-0.3, -0.25) is 0 Å². The predicted octanol–water partition coefficient (Wildman–Crippen LogP) is 5.00. The molecule has 2 heterocycles. The van der Waals surface area contributed by atoms with Gasteiger partial charge >= 0.3 is 11.9 Å². The van der Waals surface area contributed by atoms with Crippen LogP contribution in [0.25, 0.3) is 6.08 Å². The molecule has 7 nitrogen and oxygen atoms in total. The van der Waals surface area contributed by atoms with Crippen LogP contribution in [-0.4, -0.2) is 24.4 Å². The summed E-state index contributed by atoms with van der Waals surface area (Å²) in [4.78, 5) is 28.8. The fraction of sp³-hybridized carbons (Fsp3) is 0.0870. The Bertz CT molecular complexity index is 1180. The van der Waals surface area contributed by atoms with E-state index >= 15 is 0 Å². The first-order valence-corrected chi connectivity index (χ1v) is 10.1. The van der Waals surface area contributed by atoms with E-state index in [1.165, 1.54) is 6.26 Å². The summed E-state index contributed by atoms with van der Waals surface area (Å²) in [6, 6.07) is 15.1. The number of aliphatic imine (C=N–C) groups is 1. The van der Waals surface area contributed by atoms with Gasteiger partial charge in [0.2, 0.25) is 0 Å². The number of halogens is 1. The van der Waals surface area contributed by atoms with E-state index < -0.39 is 11.9 Å². The normalized spacial score (nSPS) is 14.3. The van der Waals surface area contributed by atoms with Crippen LogP contribution in [-0.2, 0) is 9.53 Å². The molecule has 8 heteroatoms. The smallest absolute Gasteiger partial charge is 0.363 e. The molecule has 0 aliphatic carbocycles.